The molecule has 210 valence electrons. The number of amides is 1. The second-order valence-corrected chi connectivity index (χ2v) is 10.4. The highest BCUT2D eigenvalue weighted by molar-refractivity contribution is 5.77. The molecule has 2 aromatic carbocycles. The highest BCUT2D eigenvalue weighted by atomic mass is 19.1. The Labute approximate surface area is 232 Å². The fourth-order valence-corrected chi connectivity index (χ4v) is 5.14. The molecule has 0 atom stereocenters. The van der Waals surface area contributed by atoms with Crippen LogP contribution >= 0.6 is 0 Å². The third kappa shape index (κ3) is 7.25. The van der Waals surface area contributed by atoms with E-state index in [1.165, 1.54) is 12.1 Å². The van der Waals surface area contributed by atoms with Gasteiger partial charge in [-0.05, 0) is 56.5 Å². The number of aryl methyl sites for hydroxylation is 1. The summed E-state index contributed by atoms with van der Waals surface area (Å²) in [5.41, 5.74) is 3.88. The topological polar surface area (TPSA) is 53.8 Å². The van der Waals surface area contributed by atoms with Crippen LogP contribution in [0.4, 0.5) is 10.2 Å². The Morgan fingerprint density at radius 2 is 1.72 bits per heavy atom. The highest BCUT2D eigenvalue weighted by Gasteiger charge is 2.29. The molecule has 0 spiro atoms. The van der Waals surface area contributed by atoms with Crippen molar-refractivity contribution in [1.82, 2.24) is 19.6 Å². The van der Waals surface area contributed by atoms with Crippen molar-refractivity contribution in [3.05, 3.63) is 77.2 Å². The lowest BCUT2D eigenvalue weighted by Crippen LogP contribution is -2.49. The van der Waals surface area contributed by atoms with Crippen molar-refractivity contribution in [2.75, 3.05) is 44.2 Å². The Morgan fingerprint density at radius 1 is 1.03 bits per heavy atom. The third-order valence-corrected chi connectivity index (χ3v) is 7.32. The van der Waals surface area contributed by atoms with Crippen molar-refractivity contribution >= 4 is 11.7 Å². The first-order valence-electron chi connectivity index (χ1n) is 14.2. The van der Waals surface area contributed by atoms with Gasteiger partial charge in [-0.15, -0.1) is 0 Å². The molecule has 0 saturated carbocycles. The summed E-state index contributed by atoms with van der Waals surface area (Å²) in [7, 11) is 0. The summed E-state index contributed by atoms with van der Waals surface area (Å²) in [4.78, 5) is 20.1. The summed E-state index contributed by atoms with van der Waals surface area (Å²) in [6, 6.07) is 16.9. The van der Waals surface area contributed by atoms with Crippen LogP contribution in [0.25, 0.3) is 5.69 Å². The number of hydrogen-bond donors (Lipinski definition) is 0. The summed E-state index contributed by atoms with van der Waals surface area (Å²) in [6.07, 6.45) is 1.58. The number of rotatable bonds is 12. The molecule has 3 aromatic rings. The molecule has 1 amide bonds. The molecule has 2 heterocycles. The average molecular weight is 536 g/mol. The minimum Gasteiger partial charge on any atom is -0.367 e. The zero-order chi connectivity index (χ0) is 27.8. The van der Waals surface area contributed by atoms with Gasteiger partial charge in [-0.3, -0.25) is 9.69 Å². The molecule has 1 aliphatic rings. The van der Waals surface area contributed by atoms with Gasteiger partial charge in [-0.1, -0.05) is 44.2 Å². The van der Waals surface area contributed by atoms with Crippen LogP contribution in [-0.2, 0) is 29.1 Å². The van der Waals surface area contributed by atoms with E-state index in [1.807, 2.05) is 39.9 Å². The summed E-state index contributed by atoms with van der Waals surface area (Å²) in [6.45, 7) is 13.8. The zero-order valence-corrected chi connectivity index (χ0v) is 23.8. The Hall–Kier alpha value is -3.23. The first-order chi connectivity index (χ1) is 18.9. The Balaban J connectivity index is 1.62. The van der Waals surface area contributed by atoms with Crippen LogP contribution in [0.5, 0.6) is 0 Å². The van der Waals surface area contributed by atoms with E-state index in [4.69, 9.17) is 9.84 Å². The molecule has 0 N–H and O–H groups in total. The van der Waals surface area contributed by atoms with E-state index >= 15 is 0 Å². The fourth-order valence-electron chi connectivity index (χ4n) is 5.14. The van der Waals surface area contributed by atoms with Gasteiger partial charge < -0.3 is 14.5 Å². The smallest absolute Gasteiger partial charge is 0.248 e. The van der Waals surface area contributed by atoms with Crippen molar-refractivity contribution in [3.63, 3.8) is 0 Å². The Bertz CT molecular complexity index is 1190. The van der Waals surface area contributed by atoms with Crippen LogP contribution in [0.1, 0.15) is 50.9 Å². The van der Waals surface area contributed by atoms with Crippen molar-refractivity contribution in [1.29, 1.82) is 0 Å². The summed E-state index contributed by atoms with van der Waals surface area (Å²) in [5.74, 6) is 0.699. The zero-order valence-electron chi connectivity index (χ0n) is 23.8. The molecule has 0 radical (unpaired) electrons. The normalized spacial score (nSPS) is 14.3. The van der Waals surface area contributed by atoms with E-state index < -0.39 is 0 Å². The standard InChI is InChI=1S/C31H42FN5O2/c1-5-16-36(30(38)23-39-22-25-10-8-7-9-11-25)21-28-29(6-2)33-37(27-14-12-26(32)13-15-27)31(28)35-19-17-34(18-20-35)24(3)4/h7-15,24H,5-6,16-23H2,1-4H3. The largest absolute Gasteiger partial charge is 0.367 e. The van der Waals surface area contributed by atoms with E-state index in [9.17, 15) is 9.18 Å². The first kappa shape index (κ1) is 28.8. The maximum Gasteiger partial charge on any atom is 0.248 e. The number of carbonyl (C=O) groups is 1. The van der Waals surface area contributed by atoms with Gasteiger partial charge in [0.05, 0.1) is 24.5 Å². The number of piperazine rings is 1. The highest BCUT2D eigenvalue weighted by Crippen LogP contribution is 2.31. The summed E-state index contributed by atoms with van der Waals surface area (Å²) in [5, 5.41) is 5.00. The number of ether oxygens (including phenoxy) is 1. The molecule has 7 nitrogen and oxygen atoms in total. The molecule has 8 heteroatoms. The number of hydrogen-bond acceptors (Lipinski definition) is 5. The van der Waals surface area contributed by atoms with Gasteiger partial charge in [0, 0.05) is 44.3 Å². The fraction of sp³-hybridized carbons (Fsp3) is 0.484. The van der Waals surface area contributed by atoms with Crippen LogP contribution in [0, 0.1) is 5.82 Å². The first-order valence-corrected chi connectivity index (χ1v) is 14.2. The maximum absolute atomic E-state index is 13.8. The number of carbonyl (C=O) groups excluding carboxylic acids is 1. The number of halogens is 1. The van der Waals surface area contributed by atoms with E-state index in [0.717, 1.165) is 67.3 Å². The molecule has 1 aliphatic heterocycles. The lowest BCUT2D eigenvalue weighted by molar-refractivity contribution is -0.137. The van der Waals surface area contributed by atoms with E-state index in [0.29, 0.717) is 25.7 Å². The maximum atomic E-state index is 13.8. The lowest BCUT2D eigenvalue weighted by Gasteiger charge is -2.38. The van der Waals surface area contributed by atoms with Gasteiger partial charge in [-0.25, -0.2) is 9.07 Å². The molecule has 0 bridgehead atoms. The number of benzene rings is 2. The van der Waals surface area contributed by atoms with Gasteiger partial charge in [0.1, 0.15) is 18.2 Å². The number of anilines is 1. The molecule has 0 unspecified atom stereocenters. The third-order valence-electron chi connectivity index (χ3n) is 7.32. The van der Waals surface area contributed by atoms with Crippen molar-refractivity contribution < 1.29 is 13.9 Å². The summed E-state index contributed by atoms with van der Waals surface area (Å²) < 4.78 is 21.5. The van der Waals surface area contributed by atoms with E-state index in [-0.39, 0.29) is 18.3 Å². The number of aromatic nitrogens is 2. The minimum absolute atomic E-state index is 0.0278. The van der Waals surface area contributed by atoms with Crippen LogP contribution in [0.2, 0.25) is 0 Å². The second-order valence-electron chi connectivity index (χ2n) is 10.4. The van der Waals surface area contributed by atoms with Crippen LogP contribution in [0.15, 0.2) is 54.6 Å². The molecular weight excluding hydrogens is 493 g/mol. The van der Waals surface area contributed by atoms with Gasteiger partial charge >= 0.3 is 0 Å². The SMILES string of the molecule is CCCN(Cc1c(CC)nn(-c2ccc(F)cc2)c1N1CCN(C(C)C)CC1)C(=O)COCc1ccccc1. The molecule has 1 fully saturated rings. The molecule has 1 aromatic heterocycles. The van der Waals surface area contributed by atoms with Crippen molar-refractivity contribution in [2.45, 2.75) is 59.7 Å². The quantitative estimate of drug-likeness (QED) is 0.325. The lowest BCUT2D eigenvalue weighted by atomic mass is 10.1. The van der Waals surface area contributed by atoms with E-state index in [1.54, 1.807) is 12.1 Å². The van der Waals surface area contributed by atoms with Crippen LogP contribution in [0.3, 0.4) is 0 Å². The van der Waals surface area contributed by atoms with Gasteiger partial charge in [0.2, 0.25) is 5.91 Å². The molecule has 0 aliphatic carbocycles. The summed E-state index contributed by atoms with van der Waals surface area (Å²) >= 11 is 0. The molecule has 1 saturated heterocycles. The second kappa shape index (κ2) is 13.7. The molecule has 4 rings (SSSR count). The predicted octanol–water partition coefficient (Wildman–Crippen LogP) is 5.06. The Morgan fingerprint density at radius 3 is 2.33 bits per heavy atom. The van der Waals surface area contributed by atoms with E-state index in [2.05, 4.69) is 37.5 Å². The van der Waals surface area contributed by atoms with Gasteiger partial charge in [0.15, 0.2) is 0 Å². The van der Waals surface area contributed by atoms with Gasteiger partial charge in [0.25, 0.3) is 0 Å². The van der Waals surface area contributed by atoms with Gasteiger partial charge in [-0.2, -0.15) is 5.10 Å². The Kier molecular flexibility index (Phi) is 10.1. The van der Waals surface area contributed by atoms with Crippen molar-refractivity contribution in [3.8, 4) is 5.69 Å². The van der Waals surface area contributed by atoms with Crippen LogP contribution in [-0.4, -0.2) is 70.9 Å². The average Bonchev–Trinajstić information content (AvgIpc) is 3.31. The number of nitrogens with zero attached hydrogens (tertiary/aromatic N) is 5. The van der Waals surface area contributed by atoms with Crippen LogP contribution < -0.4 is 4.90 Å². The minimum atomic E-state index is -0.274. The predicted molar refractivity (Wildman–Crippen MR) is 154 cm³/mol. The monoisotopic (exact) mass is 535 g/mol. The van der Waals surface area contributed by atoms with Crippen molar-refractivity contribution in [2.24, 2.45) is 0 Å². The molecular formula is C31H42FN5O2. The molecule has 39 heavy (non-hydrogen) atoms.